The van der Waals surface area contributed by atoms with Crippen molar-refractivity contribution < 1.29 is 4.79 Å². The monoisotopic (exact) mass is 341 g/mol. The molecule has 1 aromatic carbocycles. The van der Waals surface area contributed by atoms with Crippen molar-refractivity contribution in [2.75, 3.05) is 25.0 Å². The zero-order valence-corrected chi connectivity index (χ0v) is 12.9. The van der Waals surface area contributed by atoms with Crippen LogP contribution >= 0.6 is 28.1 Å². The number of carbonyl (C=O) groups excluding carboxylic acids is 1. The van der Waals surface area contributed by atoms with Crippen LogP contribution in [0.1, 0.15) is 18.4 Å². The van der Waals surface area contributed by atoms with Crippen LogP contribution in [0.25, 0.3) is 0 Å². The normalized spacial score (nSPS) is 14.5. The van der Waals surface area contributed by atoms with Gasteiger partial charge >= 0.3 is 0 Å². The van der Waals surface area contributed by atoms with Gasteiger partial charge in [-0.25, -0.2) is 0 Å². The fourth-order valence-electron chi connectivity index (χ4n) is 2.06. The van der Waals surface area contributed by atoms with E-state index < -0.39 is 0 Å². The molecule has 1 aliphatic heterocycles. The molecule has 0 saturated carbocycles. The summed E-state index contributed by atoms with van der Waals surface area (Å²) in [6.45, 7) is 2.06. The minimum atomic E-state index is 0.142. The van der Waals surface area contributed by atoms with Gasteiger partial charge in [-0.15, -0.1) is 0 Å². The van der Waals surface area contributed by atoms with E-state index in [4.69, 9.17) is 18.0 Å². The summed E-state index contributed by atoms with van der Waals surface area (Å²) in [5.41, 5.74) is 7.24. The van der Waals surface area contributed by atoms with Crippen molar-refractivity contribution in [3.63, 3.8) is 0 Å². The predicted molar refractivity (Wildman–Crippen MR) is 84.3 cm³/mol. The van der Waals surface area contributed by atoms with Crippen LogP contribution < -0.4 is 11.1 Å². The Balaban J connectivity index is 1.95. The quantitative estimate of drug-likeness (QED) is 0.823. The van der Waals surface area contributed by atoms with Gasteiger partial charge in [-0.1, -0.05) is 12.2 Å². The fraction of sp³-hybridized carbons (Fsp3) is 0.385. The number of nitrogens with zero attached hydrogens (tertiary/aromatic N) is 1. The summed E-state index contributed by atoms with van der Waals surface area (Å²) in [5.74, 6) is 0.142. The van der Waals surface area contributed by atoms with Gasteiger partial charge in [0.15, 0.2) is 0 Å². The van der Waals surface area contributed by atoms with E-state index in [-0.39, 0.29) is 5.91 Å². The molecule has 1 saturated heterocycles. The van der Waals surface area contributed by atoms with E-state index in [1.807, 2.05) is 23.1 Å². The number of thiocarbonyl (C=S) groups is 1. The van der Waals surface area contributed by atoms with Crippen LogP contribution in [0.15, 0.2) is 22.7 Å². The summed E-state index contributed by atoms with van der Waals surface area (Å²) in [6, 6.07) is 5.57. The van der Waals surface area contributed by atoms with E-state index in [1.54, 1.807) is 0 Å². The van der Waals surface area contributed by atoms with E-state index >= 15 is 0 Å². The summed E-state index contributed by atoms with van der Waals surface area (Å²) in [4.78, 5) is 14.2. The van der Waals surface area contributed by atoms with Crippen molar-refractivity contribution in [3.05, 3.63) is 28.2 Å². The van der Waals surface area contributed by atoms with E-state index in [0.29, 0.717) is 11.5 Å². The molecule has 0 atom stereocenters. The first-order valence-corrected chi connectivity index (χ1v) is 7.39. The van der Waals surface area contributed by atoms with Gasteiger partial charge in [-0.05, 0) is 47.0 Å². The molecule has 4 nitrogen and oxygen atoms in total. The van der Waals surface area contributed by atoms with Crippen LogP contribution in [0, 0.1) is 0 Å². The zero-order chi connectivity index (χ0) is 13.8. The topological polar surface area (TPSA) is 58.4 Å². The number of carbonyl (C=O) groups is 1. The Labute approximate surface area is 126 Å². The van der Waals surface area contributed by atoms with Gasteiger partial charge in [0.1, 0.15) is 4.99 Å². The Morgan fingerprint density at radius 1 is 1.42 bits per heavy atom. The van der Waals surface area contributed by atoms with Crippen LogP contribution in [0.3, 0.4) is 0 Å². The molecule has 2 rings (SSSR count). The molecule has 1 aliphatic rings. The average molecular weight is 342 g/mol. The Morgan fingerprint density at radius 2 is 2.11 bits per heavy atom. The number of anilines is 1. The first kappa shape index (κ1) is 14.3. The molecule has 0 radical (unpaired) electrons. The zero-order valence-electron chi connectivity index (χ0n) is 10.5. The van der Waals surface area contributed by atoms with Crippen molar-refractivity contribution in [2.45, 2.75) is 12.8 Å². The highest BCUT2D eigenvalue weighted by Gasteiger charge is 2.17. The summed E-state index contributed by atoms with van der Waals surface area (Å²) in [7, 11) is 0. The Morgan fingerprint density at radius 3 is 2.68 bits per heavy atom. The van der Waals surface area contributed by atoms with Crippen molar-refractivity contribution in [1.82, 2.24) is 4.90 Å². The van der Waals surface area contributed by atoms with Gasteiger partial charge in [-0.2, -0.15) is 0 Å². The lowest BCUT2D eigenvalue weighted by atomic mass is 10.2. The smallest absolute Gasteiger partial charge is 0.241 e. The van der Waals surface area contributed by atoms with Gasteiger partial charge in [0.25, 0.3) is 0 Å². The molecule has 19 heavy (non-hydrogen) atoms. The molecule has 0 bridgehead atoms. The van der Waals surface area contributed by atoms with Crippen LogP contribution in [0.2, 0.25) is 0 Å². The molecule has 1 aromatic rings. The number of amides is 1. The number of nitrogens with two attached hydrogens (primary N) is 1. The first-order chi connectivity index (χ1) is 9.08. The minimum absolute atomic E-state index is 0.142. The molecule has 0 aliphatic carbocycles. The number of nitrogens with one attached hydrogen (secondary N) is 1. The van der Waals surface area contributed by atoms with Gasteiger partial charge in [-0.3, -0.25) is 4.79 Å². The van der Waals surface area contributed by atoms with Gasteiger partial charge in [0.2, 0.25) is 5.91 Å². The SMILES string of the molecule is NC(=S)c1ccc(NCC(=O)N2CCCC2)c(Br)c1. The van der Waals surface area contributed by atoms with E-state index in [0.717, 1.165) is 41.7 Å². The number of hydrogen-bond donors (Lipinski definition) is 2. The Hall–Kier alpha value is -1.14. The largest absolute Gasteiger partial charge is 0.389 e. The third-order valence-corrected chi connectivity index (χ3v) is 4.03. The Bertz CT molecular complexity index is 501. The lowest BCUT2D eigenvalue weighted by Crippen LogP contribution is -2.33. The van der Waals surface area contributed by atoms with Crippen molar-refractivity contribution in [1.29, 1.82) is 0 Å². The van der Waals surface area contributed by atoms with Gasteiger partial charge in [0.05, 0.1) is 6.54 Å². The van der Waals surface area contributed by atoms with Gasteiger partial charge < -0.3 is 16.0 Å². The van der Waals surface area contributed by atoms with Crippen molar-refractivity contribution in [2.24, 2.45) is 5.73 Å². The maximum absolute atomic E-state index is 11.9. The summed E-state index contributed by atoms with van der Waals surface area (Å²) in [5, 5.41) is 3.13. The first-order valence-electron chi connectivity index (χ1n) is 6.19. The van der Waals surface area contributed by atoms with E-state index in [9.17, 15) is 4.79 Å². The van der Waals surface area contributed by atoms with E-state index in [2.05, 4.69) is 21.2 Å². The average Bonchev–Trinajstić information content (AvgIpc) is 2.90. The number of rotatable bonds is 4. The summed E-state index contributed by atoms with van der Waals surface area (Å²) in [6.07, 6.45) is 2.22. The molecular formula is C13H16BrN3OS. The summed E-state index contributed by atoms with van der Waals surface area (Å²) < 4.78 is 0.854. The molecule has 6 heteroatoms. The Kier molecular flexibility index (Phi) is 4.76. The van der Waals surface area contributed by atoms with Gasteiger partial charge in [0, 0.05) is 28.8 Å². The third kappa shape index (κ3) is 3.67. The minimum Gasteiger partial charge on any atom is -0.389 e. The van der Waals surface area contributed by atoms with Crippen LogP contribution in [0.4, 0.5) is 5.69 Å². The summed E-state index contributed by atoms with van der Waals surface area (Å²) >= 11 is 8.37. The number of hydrogen-bond acceptors (Lipinski definition) is 3. The third-order valence-electron chi connectivity index (χ3n) is 3.14. The lowest BCUT2D eigenvalue weighted by Gasteiger charge is -2.16. The van der Waals surface area contributed by atoms with Crippen LogP contribution in [0.5, 0.6) is 0 Å². The van der Waals surface area contributed by atoms with Crippen LogP contribution in [-0.4, -0.2) is 35.4 Å². The van der Waals surface area contributed by atoms with Crippen LogP contribution in [-0.2, 0) is 4.79 Å². The standard InChI is InChI=1S/C13H16BrN3OS/c14-10-7-9(13(15)19)3-4-11(10)16-8-12(18)17-5-1-2-6-17/h3-4,7,16H,1-2,5-6,8H2,(H2,15,19). The number of benzene rings is 1. The maximum atomic E-state index is 11.9. The predicted octanol–water partition coefficient (Wildman–Crippen LogP) is 2.12. The van der Waals surface area contributed by atoms with E-state index in [1.165, 1.54) is 0 Å². The highest BCUT2D eigenvalue weighted by molar-refractivity contribution is 9.10. The number of likely N-dealkylation sites (tertiary alicyclic amines) is 1. The maximum Gasteiger partial charge on any atom is 0.241 e. The molecular weight excluding hydrogens is 326 g/mol. The van der Waals surface area contributed by atoms with Crippen molar-refractivity contribution >= 4 is 44.7 Å². The molecule has 102 valence electrons. The lowest BCUT2D eigenvalue weighted by molar-refractivity contribution is -0.128. The number of halogens is 1. The molecule has 0 unspecified atom stereocenters. The second kappa shape index (κ2) is 6.34. The fourth-order valence-corrected chi connectivity index (χ4v) is 2.71. The highest BCUT2D eigenvalue weighted by Crippen LogP contribution is 2.23. The molecule has 1 amide bonds. The molecule has 0 spiro atoms. The second-order valence-corrected chi connectivity index (χ2v) is 5.79. The van der Waals surface area contributed by atoms with Crippen molar-refractivity contribution in [3.8, 4) is 0 Å². The molecule has 1 fully saturated rings. The second-order valence-electron chi connectivity index (χ2n) is 4.50. The molecule has 1 heterocycles. The highest BCUT2D eigenvalue weighted by atomic mass is 79.9. The molecule has 0 aromatic heterocycles. The molecule has 3 N–H and O–H groups in total.